The van der Waals surface area contributed by atoms with Gasteiger partial charge in [-0.3, -0.25) is 4.79 Å². The molecular formula is C20H24N3O3P. The first kappa shape index (κ1) is 20.8. The van der Waals surface area contributed by atoms with E-state index < -0.39 is 7.29 Å². The molecule has 0 aliphatic rings. The number of rotatable bonds is 10. The Kier molecular flexibility index (Phi) is 8.12. The third-order valence-corrected chi connectivity index (χ3v) is 6.52. The van der Waals surface area contributed by atoms with E-state index in [2.05, 4.69) is 16.7 Å². The van der Waals surface area contributed by atoms with E-state index in [1.54, 1.807) is 54.6 Å². The van der Waals surface area contributed by atoms with E-state index >= 15 is 0 Å². The van der Waals surface area contributed by atoms with Gasteiger partial charge in [-0.2, -0.15) is 0 Å². The van der Waals surface area contributed by atoms with Crippen molar-refractivity contribution in [2.24, 2.45) is 4.88 Å². The van der Waals surface area contributed by atoms with Gasteiger partial charge in [0.2, 0.25) is 7.29 Å². The summed E-state index contributed by atoms with van der Waals surface area (Å²) in [6, 6.07) is 15.0. The molecule has 0 amide bonds. The summed E-state index contributed by atoms with van der Waals surface area (Å²) in [5, 5.41) is 0.624. The van der Waals surface area contributed by atoms with Crippen molar-refractivity contribution < 1.29 is 14.1 Å². The molecule has 142 valence electrons. The lowest BCUT2D eigenvalue weighted by Gasteiger charge is -2.16. The highest BCUT2D eigenvalue weighted by Gasteiger charge is 2.30. The fraction of sp³-hybridized carbons (Fsp3) is 0.350. The second-order valence-corrected chi connectivity index (χ2v) is 8.53. The van der Waals surface area contributed by atoms with E-state index in [0.29, 0.717) is 11.7 Å². The fourth-order valence-electron chi connectivity index (χ4n) is 2.77. The number of unbranched alkanes of at least 4 members (excludes halogenated alkanes) is 4. The normalized spacial score (nSPS) is 12.6. The van der Waals surface area contributed by atoms with Crippen molar-refractivity contribution in [3.8, 4) is 5.75 Å². The Morgan fingerprint density at radius 1 is 1.04 bits per heavy atom. The van der Waals surface area contributed by atoms with Crippen molar-refractivity contribution in [1.29, 1.82) is 0 Å². The molecule has 7 heteroatoms. The number of hydrogen-bond acceptors (Lipinski definition) is 3. The molecule has 0 fully saturated rings. The SMILES string of the molecule is CCCCCCCC(=O)Oc1ccccc1P(=O)(N=[N+]=[N-])c1ccccc1. The van der Waals surface area contributed by atoms with Crippen LogP contribution in [0.1, 0.15) is 45.4 Å². The van der Waals surface area contributed by atoms with Crippen molar-refractivity contribution in [2.75, 3.05) is 0 Å². The minimum atomic E-state index is -3.63. The Bertz CT molecular complexity index is 849. The molecule has 0 aliphatic carbocycles. The van der Waals surface area contributed by atoms with Crippen LogP contribution in [-0.4, -0.2) is 5.97 Å². The van der Waals surface area contributed by atoms with E-state index in [1.165, 1.54) is 0 Å². The zero-order valence-corrected chi connectivity index (χ0v) is 16.3. The quantitative estimate of drug-likeness (QED) is 0.103. The number of carbonyl (C=O) groups is 1. The molecule has 2 aromatic carbocycles. The van der Waals surface area contributed by atoms with Crippen LogP contribution in [-0.2, 0) is 9.36 Å². The van der Waals surface area contributed by atoms with Gasteiger partial charge in [0, 0.05) is 16.6 Å². The van der Waals surface area contributed by atoms with Crippen LogP contribution in [0.2, 0.25) is 0 Å². The summed E-state index contributed by atoms with van der Waals surface area (Å²) >= 11 is 0. The molecule has 0 radical (unpaired) electrons. The van der Waals surface area contributed by atoms with Crippen LogP contribution in [0.5, 0.6) is 5.75 Å². The number of benzene rings is 2. The van der Waals surface area contributed by atoms with Crippen LogP contribution in [0.25, 0.3) is 10.4 Å². The zero-order chi connectivity index (χ0) is 19.5. The lowest BCUT2D eigenvalue weighted by atomic mass is 10.1. The Balaban J connectivity index is 2.22. The number of para-hydroxylation sites is 1. The first-order chi connectivity index (χ1) is 13.1. The van der Waals surface area contributed by atoms with E-state index in [4.69, 9.17) is 10.3 Å². The number of carbonyl (C=O) groups excluding carboxylic acids is 1. The Hall–Kier alpha value is -2.55. The van der Waals surface area contributed by atoms with E-state index in [0.717, 1.165) is 32.1 Å². The highest BCUT2D eigenvalue weighted by molar-refractivity contribution is 7.77. The molecule has 2 rings (SSSR count). The monoisotopic (exact) mass is 385 g/mol. The second kappa shape index (κ2) is 10.6. The largest absolute Gasteiger partial charge is 0.426 e. The third kappa shape index (κ3) is 5.72. The molecule has 0 heterocycles. The highest BCUT2D eigenvalue weighted by atomic mass is 31.2. The first-order valence-corrected chi connectivity index (χ1v) is 10.8. The van der Waals surface area contributed by atoms with Gasteiger partial charge < -0.3 is 9.30 Å². The van der Waals surface area contributed by atoms with Crippen LogP contribution in [0, 0.1) is 0 Å². The van der Waals surface area contributed by atoms with Crippen LogP contribution in [0.4, 0.5) is 0 Å². The summed E-state index contributed by atoms with van der Waals surface area (Å²) in [7, 11) is -3.63. The van der Waals surface area contributed by atoms with Gasteiger partial charge in [-0.15, -0.1) is 0 Å². The molecule has 0 N–H and O–H groups in total. The molecule has 0 aromatic heterocycles. The molecule has 27 heavy (non-hydrogen) atoms. The van der Waals surface area contributed by atoms with Gasteiger partial charge in [0.05, 0.1) is 5.30 Å². The van der Waals surface area contributed by atoms with Gasteiger partial charge in [0.1, 0.15) is 5.75 Å². The molecule has 1 unspecified atom stereocenters. The van der Waals surface area contributed by atoms with Crippen molar-refractivity contribution in [3.63, 3.8) is 0 Å². The average molecular weight is 385 g/mol. The molecule has 1 atom stereocenters. The number of ether oxygens (including phenoxy) is 1. The topological polar surface area (TPSA) is 92.1 Å². The van der Waals surface area contributed by atoms with Crippen LogP contribution >= 0.6 is 7.29 Å². The Labute approximate surface area is 159 Å². The van der Waals surface area contributed by atoms with Gasteiger partial charge in [-0.05, 0) is 29.0 Å². The van der Waals surface area contributed by atoms with E-state index in [9.17, 15) is 9.36 Å². The van der Waals surface area contributed by atoms with Crippen molar-refractivity contribution in [1.82, 2.24) is 0 Å². The standard InChI is InChI=1S/C20H24N3O3P/c1-2-3-4-5-9-16-20(24)26-18-14-10-11-15-19(18)27(25,23-22-21)17-12-7-6-8-13-17/h6-8,10-15H,2-5,9,16H2,1H3. The summed E-state index contributed by atoms with van der Waals surface area (Å²) in [4.78, 5) is 18.6. The molecule has 0 bridgehead atoms. The predicted octanol–water partition coefficient (Wildman–Crippen LogP) is 5.49. The maximum absolute atomic E-state index is 13.5. The molecule has 6 nitrogen and oxygen atoms in total. The van der Waals surface area contributed by atoms with Crippen LogP contribution in [0.15, 0.2) is 59.5 Å². The van der Waals surface area contributed by atoms with Crippen molar-refractivity contribution >= 4 is 23.9 Å². The predicted molar refractivity (Wildman–Crippen MR) is 108 cm³/mol. The van der Waals surface area contributed by atoms with Gasteiger partial charge >= 0.3 is 5.97 Å². The van der Waals surface area contributed by atoms with Crippen molar-refractivity contribution in [3.05, 3.63) is 65.0 Å². The lowest BCUT2D eigenvalue weighted by Crippen LogP contribution is -2.19. The zero-order valence-electron chi connectivity index (χ0n) is 15.5. The summed E-state index contributed by atoms with van der Waals surface area (Å²) < 4.78 is 19.0. The van der Waals surface area contributed by atoms with E-state index in [1.807, 2.05) is 0 Å². The number of azide groups is 1. The first-order valence-electron chi connectivity index (χ1n) is 9.14. The summed E-state index contributed by atoms with van der Waals surface area (Å²) in [5.41, 5.74) is 8.96. The molecular weight excluding hydrogens is 361 g/mol. The summed E-state index contributed by atoms with van der Waals surface area (Å²) in [5.74, 6) is -0.199. The summed E-state index contributed by atoms with van der Waals surface area (Å²) in [6.07, 6.45) is 5.44. The van der Waals surface area contributed by atoms with Gasteiger partial charge in [0.15, 0.2) is 0 Å². The molecule has 0 spiro atoms. The third-order valence-electron chi connectivity index (χ3n) is 4.17. The minimum Gasteiger partial charge on any atom is -0.426 e. The molecule has 0 saturated heterocycles. The van der Waals surface area contributed by atoms with Gasteiger partial charge in [-0.25, -0.2) is 0 Å². The lowest BCUT2D eigenvalue weighted by molar-refractivity contribution is -0.134. The molecule has 2 aromatic rings. The molecule has 0 saturated carbocycles. The molecule has 0 aliphatic heterocycles. The number of hydrogen-bond donors (Lipinski definition) is 0. The Morgan fingerprint density at radius 3 is 2.41 bits per heavy atom. The smallest absolute Gasteiger partial charge is 0.311 e. The number of esters is 1. The minimum absolute atomic E-state index is 0.177. The average Bonchev–Trinajstić information content (AvgIpc) is 2.69. The van der Waals surface area contributed by atoms with Crippen LogP contribution in [0.3, 0.4) is 0 Å². The van der Waals surface area contributed by atoms with E-state index in [-0.39, 0.29) is 17.0 Å². The fourth-order valence-corrected chi connectivity index (χ4v) is 4.64. The van der Waals surface area contributed by atoms with Crippen LogP contribution < -0.4 is 15.3 Å². The number of nitrogens with zero attached hydrogens (tertiary/aromatic N) is 3. The highest BCUT2D eigenvalue weighted by Crippen LogP contribution is 2.47. The van der Waals surface area contributed by atoms with Gasteiger partial charge in [-0.1, -0.05) is 75.1 Å². The maximum atomic E-state index is 13.5. The second-order valence-electron chi connectivity index (χ2n) is 6.20. The van der Waals surface area contributed by atoms with Gasteiger partial charge in [0.25, 0.3) is 0 Å². The maximum Gasteiger partial charge on any atom is 0.311 e. The summed E-state index contributed by atoms with van der Waals surface area (Å²) in [6.45, 7) is 2.14. The Morgan fingerprint density at radius 2 is 1.70 bits per heavy atom. The van der Waals surface area contributed by atoms with Crippen molar-refractivity contribution in [2.45, 2.75) is 45.4 Å².